The van der Waals surface area contributed by atoms with Gasteiger partial charge in [0.1, 0.15) is 20.6 Å². The van der Waals surface area contributed by atoms with E-state index in [1.165, 1.54) is 47.8 Å². The second kappa shape index (κ2) is 12.4. The van der Waals surface area contributed by atoms with Crippen molar-refractivity contribution in [3.63, 3.8) is 0 Å². The zero-order chi connectivity index (χ0) is 27.4. The number of amides is 1. The van der Waals surface area contributed by atoms with E-state index >= 15 is 0 Å². The first-order chi connectivity index (χ1) is 16.7. The second-order valence-electron chi connectivity index (χ2n) is 10.0. The minimum Gasteiger partial charge on any atom is -0.457 e. The van der Waals surface area contributed by atoms with Gasteiger partial charge in [-0.15, -0.1) is 11.8 Å². The normalized spacial score (nSPS) is 20.0. The molecule has 1 fully saturated rings. The molecule has 1 saturated heterocycles. The van der Waals surface area contributed by atoms with Crippen LogP contribution in [0, 0.1) is 27.4 Å². The highest BCUT2D eigenvalue weighted by Gasteiger charge is 2.61. The van der Waals surface area contributed by atoms with Crippen molar-refractivity contribution in [2.45, 2.75) is 65.4 Å². The van der Waals surface area contributed by atoms with Gasteiger partial charge in [-0.2, -0.15) is 0 Å². The van der Waals surface area contributed by atoms with Crippen LogP contribution in [0.2, 0.25) is 0 Å². The number of likely N-dealkylation sites (tertiary alicyclic amines) is 1. The quantitative estimate of drug-likeness (QED) is 0.111. The summed E-state index contributed by atoms with van der Waals surface area (Å²) in [6, 6.07) is 5.53. The van der Waals surface area contributed by atoms with Crippen LogP contribution in [0.4, 0.5) is 5.69 Å². The highest BCUT2D eigenvalue weighted by molar-refractivity contribution is 8.47. The molecule has 0 aromatic heterocycles. The fraction of sp³-hybridized carbons (Fsp3) is 0.609. The Morgan fingerprint density at radius 3 is 2.33 bits per heavy atom. The van der Waals surface area contributed by atoms with Crippen LogP contribution < -0.4 is 0 Å². The summed E-state index contributed by atoms with van der Waals surface area (Å²) in [5.74, 6) is -1.31. The van der Waals surface area contributed by atoms with Crippen molar-refractivity contribution >= 4 is 67.3 Å². The van der Waals surface area contributed by atoms with Crippen LogP contribution in [0.15, 0.2) is 24.3 Å². The molecule has 1 aromatic carbocycles. The number of nitrogens with zero attached hydrogens (tertiary/aromatic N) is 2. The number of hydrogen-bond donors (Lipinski definition) is 1. The Labute approximate surface area is 228 Å². The molecule has 1 aromatic rings. The molecular weight excluding hydrogens is 541 g/mol. The molecule has 0 radical (unpaired) electrons. The van der Waals surface area contributed by atoms with E-state index in [4.69, 9.17) is 21.4 Å². The molecule has 4 atom stereocenters. The first-order valence-corrected chi connectivity index (χ1v) is 14.5. The number of nitro benzene ring substituents is 1. The molecule has 36 heavy (non-hydrogen) atoms. The van der Waals surface area contributed by atoms with E-state index in [1.807, 2.05) is 41.5 Å². The van der Waals surface area contributed by atoms with E-state index in [9.17, 15) is 24.8 Å². The topological polar surface area (TPSA) is 119 Å². The lowest BCUT2D eigenvalue weighted by atomic mass is 9.63. The molecule has 1 N–H and O–H groups in total. The number of ether oxygens (including phenoxy) is 1. The van der Waals surface area contributed by atoms with E-state index in [-0.39, 0.29) is 29.5 Å². The lowest BCUT2D eigenvalue weighted by molar-refractivity contribution is -0.384. The van der Waals surface area contributed by atoms with Gasteiger partial charge < -0.3 is 14.3 Å². The van der Waals surface area contributed by atoms with Gasteiger partial charge in [0.2, 0.25) is 12.1 Å². The van der Waals surface area contributed by atoms with Crippen molar-refractivity contribution in [2.24, 2.45) is 17.3 Å². The zero-order valence-corrected chi connectivity index (χ0v) is 26.0. The number of carbonyl (C=O) groups excluding carboxylic acids is 2. The van der Waals surface area contributed by atoms with Gasteiger partial charge >= 0.3 is 5.97 Å². The molecule has 0 saturated carbocycles. The first-order valence-electron chi connectivity index (χ1n) is 11.4. The molecule has 1 amide bonds. The van der Waals surface area contributed by atoms with E-state index in [1.54, 1.807) is 0 Å². The van der Waals surface area contributed by atoms with E-state index in [0.717, 1.165) is 10.7 Å². The Balaban J connectivity index is 2.25. The number of aliphatic hydroxyl groups excluding tert-OH is 1. The number of carbonyl (C=O) groups is 2. The van der Waals surface area contributed by atoms with Crippen LogP contribution in [-0.4, -0.2) is 63.8 Å². The molecule has 13 heteroatoms. The number of aliphatic hydroxyl groups is 1. The molecule has 0 aliphatic carbocycles. The molecule has 0 bridgehead atoms. The van der Waals surface area contributed by atoms with Gasteiger partial charge in [0.25, 0.3) is 5.69 Å². The summed E-state index contributed by atoms with van der Waals surface area (Å²) in [4.78, 5) is 37.6. The predicted molar refractivity (Wildman–Crippen MR) is 149 cm³/mol. The Morgan fingerprint density at radius 1 is 1.28 bits per heavy atom. The molecule has 9 nitrogen and oxygen atoms in total. The largest absolute Gasteiger partial charge is 0.457 e. The summed E-state index contributed by atoms with van der Waals surface area (Å²) >= 11 is 8.24. The third-order valence-electron chi connectivity index (χ3n) is 6.17. The van der Waals surface area contributed by atoms with Crippen molar-refractivity contribution in [3.05, 3.63) is 39.9 Å². The van der Waals surface area contributed by atoms with Gasteiger partial charge in [-0.05, 0) is 42.7 Å². The van der Waals surface area contributed by atoms with Gasteiger partial charge in [0.15, 0.2) is 0 Å². The molecular formula is C23H34N2O7S3Si. The fourth-order valence-electron chi connectivity index (χ4n) is 4.66. The highest BCUT2D eigenvalue weighted by Crippen LogP contribution is 2.52. The Bertz CT molecular complexity index is 985. The zero-order valence-electron chi connectivity index (χ0n) is 21.5. The molecule has 1 heterocycles. The lowest BCUT2D eigenvalue weighted by Crippen LogP contribution is -2.70. The molecule has 1 aliphatic rings. The Kier molecular flexibility index (Phi) is 10.5. The van der Waals surface area contributed by atoms with Crippen LogP contribution in [-0.2, 0) is 25.4 Å². The third kappa shape index (κ3) is 7.07. The van der Waals surface area contributed by atoms with Crippen molar-refractivity contribution < 1.29 is 28.8 Å². The average molecular weight is 575 g/mol. The summed E-state index contributed by atoms with van der Waals surface area (Å²) in [5.41, 5.74) is -0.478. The number of thiocarbonyl (C=S) groups is 1. The van der Waals surface area contributed by atoms with E-state index in [2.05, 4.69) is 0 Å². The average Bonchev–Trinajstić information content (AvgIpc) is 2.79. The number of nitro groups is 1. The minimum atomic E-state index is -1.81. The second-order valence-corrected chi connectivity index (χ2v) is 14.0. The van der Waals surface area contributed by atoms with Crippen molar-refractivity contribution in [1.82, 2.24) is 4.90 Å². The van der Waals surface area contributed by atoms with Gasteiger partial charge in [0, 0.05) is 18.1 Å². The summed E-state index contributed by atoms with van der Waals surface area (Å²) in [7, 11) is 0.490. The SMILES string of the molecule is CCSC(=S)S[C@@H]1[C@@H](C(C(C)(C)C)C(C)(C)O[SiH3])C(=O)N1C(O)C(=O)OCc1ccc([N+](=O)[O-])cc1. The number of esters is 1. The predicted octanol–water partition coefficient (Wildman–Crippen LogP) is 3.25. The highest BCUT2D eigenvalue weighted by atomic mass is 32.2. The van der Waals surface area contributed by atoms with Crippen molar-refractivity contribution in [2.75, 3.05) is 5.75 Å². The molecule has 0 spiro atoms. The van der Waals surface area contributed by atoms with Crippen LogP contribution in [0.5, 0.6) is 0 Å². The number of non-ortho nitro benzene ring substituents is 1. The van der Waals surface area contributed by atoms with Crippen LogP contribution in [0.25, 0.3) is 0 Å². The maximum absolute atomic E-state index is 13.5. The molecule has 1 aliphatic heterocycles. The summed E-state index contributed by atoms with van der Waals surface area (Å²) in [6.45, 7) is 11.8. The monoisotopic (exact) mass is 574 g/mol. The van der Waals surface area contributed by atoms with Crippen LogP contribution >= 0.6 is 35.7 Å². The van der Waals surface area contributed by atoms with Crippen LogP contribution in [0.3, 0.4) is 0 Å². The minimum absolute atomic E-state index is 0.0850. The smallest absolute Gasteiger partial charge is 0.356 e. The van der Waals surface area contributed by atoms with E-state index < -0.39 is 34.0 Å². The summed E-state index contributed by atoms with van der Waals surface area (Å²) in [6.07, 6.45) is -1.81. The van der Waals surface area contributed by atoms with Gasteiger partial charge in [0.05, 0.1) is 21.8 Å². The number of rotatable bonds is 10. The first kappa shape index (κ1) is 30.7. The number of β-lactam (4-membered cyclic amide) rings is 1. The number of hydrogen-bond acceptors (Lipinski definition) is 10. The molecule has 200 valence electrons. The maximum atomic E-state index is 13.5. The summed E-state index contributed by atoms with van der Waals surface area (Å²) < 4.78 is 11.8. The van der Waals surface area contributed by atoms with Crippen molar-refractivity contribution in [1.29, 1.82) is 0 Å². The maximum Gasteiger partial charge on any atom is 0.356 e. The summed E-state index contributed by atoms with van der Waals surface area (Å²) in [5, 5.41) is 21.1. The van der Waals surface area contributed by atoms with Gasteiger partial charge in [-0.1, -0.05) is 51.7 Å². The van der Waals surface area contributed by atoms with Crippen molar-refractivity contribution in [3.8, 4) is 0 Å². The van der Waals surface area contributed by atoms with Crippen LogP contribution in [0.1, 0.15) is 47.1 Å². The standard InChI is InChI=1S/C23H34N2O7S3Si/c1-7-34-21(33)35-19-15(16(22(2,3)4)23(5,6)32-36)17(26)24(19)18(27)20(28)31-12-13-8-10-14(11-9-13)25(29)30/h8-11,15-16,18-19,27H,7,12H2,1-6,36H3/t15-,16?,18?,19+/m0/s1. The molecule has 2 rings (SSSR count). The Hall–Kier alpha value is -1.51. The lowest BCUT2D eigenvalue weighted by Gasteiger charge is -2.56. The number of thioether (sulfide) groups is 2. The third-order valence-corrected chi connectivity index (χ3v) is 9.99. The fourth-order valence-corrected chi connectivity index (χ4v) is 7.67. The van der Waals surface area contributed by atoms with E-state index in [0.29, 0.717) is 19.6 Å². The van der Waals surface area contributed by atoms with Gasteiger partial charge in [-0.25, -0.2) is 4.79 Å². The molecule has 2 unspecified atom stereocenters. The number of benzene rings is 1. The Morgan fingerprint density at radius 2 is 1.86 bits per heavy atom. The van der Waals surface area contributed by atoms with Gasteiger partial charge in [-0.3, -0.25) is 19.8 Å².